The number of anilines is 1. The van der Waals surface area contributed by atoms with E-state index in [1.165, 1.54) is 4.68 Å². The molecule has 0 bridgehead atoms. The van der Waals surface area contributed by atoms with E-state index in [0.29, 0.717) is 16.7 Å². The molecule has 0 atom stereocenters. The number of aromatic nitrogens is 4. The maximum atomic E-state index is 12.1. The second-order valence-electron chi connectivity index (χ2n) is 6.06. The van der Waals surface area contributed by atoms with Crippen LogP contribution in [-0.2, 0) is 11.4 Å². The number of halogens is 1. The molecule has 3 N–H and O–H groups in total. The number of hydrogen-bond acceptors (Lipinski definition) is 7. The first kappa shape index (κ1) is 20.0. The monoisotopic (exact) mass is 418 g/mol. The van der Waals surface area contributed by atoms with Gasteiger partial charge < -0.3 is 15.9 Å². The summed E-state index contributed by atoms with van der Waals surface area (Å²) in [4.78, 5) is 16.0. The van der Waals surface area contributed by atoms with Crippen LogP contribution in [0.3, 0.4) is 0 Å². The second-order valence-corrected chi connectivity index (χ2v) is 7.36. The Hall–Kier alpha value is -2.78. The van der Waals surface area contributed by atoms with Crippen LogP contribution in [0.15, 0.2) is 41.7 Å². The average molecular weight is 419 g/mol. The molecule has 8 nitrogen and oxygen atoms in total. The number of nitrogen functional groups attached to an aromatic ring is 1. The molecule has 0 spiro atoms. The van der Waals surface area contributed by atoms with E-state index in [1.807, 2.05) is 26.0 Å². The van der Waals surface area contributed by atoms with E-state index in [4.69, 9.17) is 22.2 Å². The molecular weight excluding hydrogens is 400 g/mol. The lowest BCUT2D eigenvalue weighted by atomic mass is 10.1. The Morgan fingerprint density at radius 3 is 2.75 bits per heavy atom. The zero-order valence-electron chi connectivity index (χ0n) is 15.3. The molecule has 0 aliphatic rings. The largest absolute Gasteiger partial charge is 0.486 e. The summed E-state index contributed by atoms with van der Waals surface area (Å²) in [6.45, 7) is 4.18. The molecule has 3 rings (SSSR count). The molecule has 0 aliphatic carbocycles. The number of carbonyl (C=O) groups excluding carboxylic acids is 1. The number of aryl methyl sites for hydroxylation is 2. The van der Waals surface area contributed by atoms with Crippen molar-refractivity contribution in [1.29, 1.82) is 0 Å². The first-order valence-corrected chi connectivity index (χ1v) is 9.72. The summed E-state index contributed by atoms with van der Waals surface area (Å²) in [6.07, 6.45) is 1.55. The number of ether oxygens (including phenoxy) is 1. The van der Waals surface area contributed by atoms with Gasteiger partial charge in [0, 0.05) is 6.20 Å². The highest BCUT2D eigenvalue weighted by Crippen LogP contribution is 2.20. The molecule has 2 heterocycles. The fourth-order valence-corrected chi connectivity index (χ4v) is 3.31. The molecule has 0 fully saturated rings. The number of nitrogens with two attached hydrogens (primary N) is 1. The number of hydrogen-bond donors (Lipinski definition) is 2. The van der Waals surface area contributed by atoms with Gasteiger partial charge in [-0.1, -0.05) is 29.4 Å². The molecule has 0 aliphatic heterocycles. The molecule has 146 valence electrons. The number of thioether (sulfide) groups is 1. The van der Waals surface area contributed by atoms with Gasteiger partial charge in [-0.3, -0.25) is 4.79 Å². The van der Waals surface area contributed by atoms with Crippen LogP contribution in [-0.4, -0.2) is 31.5 Å². The van der Waals surface area contributed by atoms with Gasteiger partial charge in [-0.2, -0.15) is 0 Å². The van der Waals surface area contributed by atoms with E-state index < -0.39 is 0 Å². The molecule has 3 aromatic rings. The molecule has 1 aromatic carbocycles. The van der Waals surface area contributed by atoms with Crippen molar-refractivity contribution >= 4 is 35.0 Å². The number of amides is 1. The summed E-state index contributed by atoms with van der Waals surface area (Å²) in [7, 11) is 0. The smallest absolute Gasteiger partial charge is 0.234 e. The van der Waals surface area contributed by atoms with Crippen LogP contribution in [0.1, 0.15) is 17.0 Å². The Bertz CT molecular complexity index is 974. The third kappa shape index (κ3) is 5.14. The molecule has 2 aromatic heterocycles. The van der Waals surface area contributed by atoms with Gasteiger partial charge in [-0.25, -0.2) is 9.66 Å². The van der Waals surface area contributed by atoms with E-state index in [0.717, 1.165) is 28.6 Å². The summed E-state index contributed by atoms with van der Waals surface area (Å²) >= 11 is 7.09. The Morgan fingerprint density at radius 1 is 1.29 bits per heavy atom. The maximum Gasteiger partial charge on any atom is 0.234 e. The third-order valence-corrected chi connectivity index (χ3v) is 4.91. The van der Waals surface area contributed by atoms with Crippen LogP contribution in [0.4, 0.5) is 5.69 Å². The predicted octanol–water partition coefficient (Wildman–Crippen LogP) is 2.97. The summed E-state index contributed by atoms with van der Waals surface area (Å²) in [5, 5.41) is 11.4. The summed E-state index contributed by atoms with van der Waals surface area (Å²) in [6, 6.07) is 9.30. The average Bonchev–Trinajstić information content (AvgIpc) is 2.99. The Kier molecular flexibility index (Phi) is 6.37. The van der Waals surface area contributed by atoms with Crippen molar-refractivity contribution in [1.82, 2.24) is 19.9 Å². The normalized spacial score (nSPS) is 10.7. The highest BCUT2D eigenvalue weighted by molar-refractivity contribution is 7.99. The summed E-state index contributed by atoms with van der Waals surface area (Å²) < 4.78 is 7.07. The van der Waals surface area contributed by atoms with Gasteiger partial charge in [-0.15, -0.1) is 10.2 Å². The number of nitrogens with one attached hydrogen (secondary N) is 1. The SMILES string of the molecule is Cc1cc(C)cc(OCc2nnc(SCC(=O)Nc3cccnc3Cl)n2N)c1. The quantitative estimate of drug-likeness (QED) is 0.345. The van der Waals surface area contributed by atoms with Crippen LogP contribution in [0, 0.1) is 13.8 Å². The van der Waals surface area contributed by atoms with Crippen molar-refractivity contribution in [3.05, 3.63) is 58.6 Å². The zero-order chi connectivity index (χ0) is 20.1. The van der Waals surface area contributed by atoms with Crippen LogP contribution in [0.25, 0.3) is 0 Å². The van der Waals surface area contributed by atoms with Crippen molar-refractivity contribution in [2.75, 3.05) is 16.9 Å². The van der Waals surface area contributed by atoms with E-state index >= 15 is 0 Å². The van der Waals surface area contributed by atoms with Crippen LogP contribution in [0.2, 0.25) is 5.15 Å². The molecule has 0 saturated carbocycles. The van der Waals surface area contributed by atoms with E-state index in [-0.39, 0.29) is 23.4 Å². The topological polar surface area (TPSA) is 108 Å². The minimum absolute atomic E-state index is 0.0957. The second kappa shape index (κ2) is 8.94. The minimum atomic E-state index is -0.254. The highest BCUT2D eigenvalue weighted by atomic mass is 35.5. The molecule has 0 radical (unpaired) electrons. The van der Waals surface area contributed by atoms with Crippen molar-refractivity contribution in [3.63, 3.8) is 0 Å². The lowest BCUT2D eigenvalue weighted by Crippen LogP contribution is -2.18. The number of pyridine rings is 1. The fraction of sp³-hybridized carbons (Fsp3) is 0.222. The summed E-state index contributed by atoms with van der Waals surface area (Å²) in [5.74, 6) is 7.05. The predicted molar refractivity (Wildman–Crippen MR) is 109 cm³/mol. The maximum absolute atomic E-state index is 12.1. The van der Waals surface area contributed by atoms with E-state index in [9.17, 15) is 4.79 Å². The zero-order valence-corrected chi connectivity index (χ0v) is 16.9. The molecule has 1 amide bonds. The van der Waals surface area contributed by atoms with Crippen molar-refractivity contribution in [2.45, 2.75) is 25.6 Å². The van der Waals surface area contributed by atoms with Gasteiger partial charge in [0.1, 0.15) is 12.4 Å². The fourth-order valence-electron chi connectivity index (χ4n) is 2.46. The molecular formula is C18H19ClN6O2S. The third-order valence-electron chi connectivity index (χ3n) is 3.66. The summed E-state index contributed by atoms with van der Waals surface area (Å²) in [5.41, 5.74) is 2.67. The Morgan fingerprint density at radius 2 is 2.04 bits per heavy atom. The minimum Gasteiger partial charge on any atom is -0.486 e. The standard InChI is InChI=1S/C18H19ClN6O2S/c1-11-6-12(2)8-13(7-11)27-9-15-23-24-18(25(15)20)28-10-16(26)22-14-4-3-5-21-17(14)19/h3-8H,9-10,20H2,1-2H3,(H,22,26). The van der Waals surface area contributed by atoms with E-state index in [1.54, 1.807) is 18.3 Å². The van der Waals surface area contributed by atoms with Gasteiger partial charge in [0.25, 0.3) is 0 Å². The van der Waals surface area contributed by atoms with Crippen molar-refractivity contribution in [2.24, 2.45) is 0 Å². The molecule has 0 saturated heterocycles. The highest BCUT2D eigenvalue weighted by Gasteiger charge is 2.14. The van der Waals surface area contributed by atoms with Gasteiger partial charge in [0.2, 0.25) is 11.1 Å². The van der Waals surface area contributed by atoms with Gasteiger partial charge in [0.05, 0.1) is 11.4 Å². The first-order valence-electron chi connectivity index (χ1n) is 8.36. The number of rotatable bonds is 7. The van der Waals surface area contributed by atoms with E-state index in [2.05, 4.69) is 26.6 Å². The van der Waals surface area contributed by atoms with Crippen molar-refractivity contribution < 1.29 is 9.53 Å². The van der Waals surface area contributed by atoms with Crippen LogP contribution in [0.5, 0.6) is 5.75 Å². The molecule has 28 heavy (non-hydrogen) atoms. The number of benzene rings is 1. The van der Waals surface area contributed by atoms with Gasteiger partial charge in [0.15, 0.2) is 11.0 Å². The molecule has 10 heteroatoms. The van der Waals surface area contributed by atoms with Gasteiger partial charge >= 0.3 is 0 Å². The van der Waals surface area contributed by atoms with Crippen LogP contribution < -0.4 is 15.9 Å². The van der Waals surface area contributed by atoms with Crippen LogP contribution >= 0.6 is 23.4 Å². The van der Waals surface area contributed by atoms with Crippen molar-refractivity contribution in [3.8, 4) is 5.75 Å². The number of nitrogens with zero attached hydrogens (tertiary/aromatic N) is 4. The number of carbonyl (C=O) groups is 1. The lowest BCUT2D eigenvalue weighted by molar-refractivity contribution is -0.113. The lowest BCUT2D eigenvalue weighted by Gasteiger charge is -2.08. The molecule has 0 unspecified atom stereocenters. The Labute approximate surface area is 171 Å². The first-order chi connectivity index (χ1) is 13.4. The Balaban J connectivity index is 1.55. The van der Waals surface area contributed by atoms with Gasteiger partial charge in [-0.05, 0) is 49.2 Å².